The number of ether oxygens (including phenoxy) is 1. The first-order valence-electron chi connectivity index (χ1n) is 9.20. The quantitative estimate of drug-likeness (QED) is 0.720. The SMILES string of the molecule is Cc1cccc(Nc2nc(-c3cnc(N4CCOCC4)nc3C)cc(=O)[nH]2)c1. The maximum atomic E-state index is 12.2. The van der Waals surface area contributed by atoms with Crippen molar-refractivity contribution in [3.8, 4) is 11.3 Å². The van der Waals surface area contributed by atoms with Crippen molar-refractivity contribution in [1.29, 1.82) is 0 Å². The molecule has 8 nitrogen and oxygen atoms in total. The normalized spacial score (nSPS) is 14.1. The van der Waals surface area contributed by atoms with E-state index >= 15 is 0 Å². The number of morpholine rings is 1. The van der Waals surface area contributed by atoms with Crippen molar-refractivity contribution in [2.45, 2.75) is 13.8 Å². The number of H-pyrrole nitrogens is 1. The maximum absolute atomic E-state index is 12.2. The van der Waals surface area contributed by atoms with Gasteiger partial charge in [-0.25, -0.2) is 15.0 Å². The second-order valence-electron chi connectivity index (χ2n) is 6.74. The van der Waals surface area contributed by atoms with Gasteiger partial charge < -0.3 is 15.0 Å². The molecule has 3 heterocycles. The van der Waals surface area contributed by atoms with Gasteiger partial charge in [-0.1, -0.05) is 12.1 Å². The number of rotatable bonds is 4. The van der Waals surface area contributed by atoms with Crippen LogP contribution in [0.4, 0.5) is 17.6 Å². The monoisotopic (exact) mass is 378 g/mol. The van der Waals surface area contributed by atoms with Crippen LogP contribution in [0.2, 0.25) is 0 Å². The van der Waals surface area contributed by atoms with Crippen LogP contribution in [0.25, 0.3) is 11.3 Å². The van der Waals surface area contributed by atoms with E-state index in [1.807, 2.05) is 38.1 Å². The molecule has 1 aliphatic heterocycles. The molecule has 28 heavy (non-hydrogen) atoms. The average molecular weight is 378 g/mol. The van der Waals surface area contributed by atoms with Crippen molar-refractivity contribution >= 4 is 17.6 Å². The average Bonchev–Trinajstić information content (AvgIpc) is 2.68. The smallest absolute Gasteiger partial charge is 0.252 e. The van der Waals surface area contributed by atoms with Crippen LogP contribution >= 0.6 is 0 Å². The highest BCUT2D eigenvalue weighted by atomic mass is 16.5. The minimum Gasteiger partial charge on any atom is -0.378 e. The molecule has 1 fully saturated rings. The highest BCUT2D eigenvalue weighted by Crippen LogP contribution is 2.22. The number of nitrogens with one attached hydrogen (secondary N) is 2. The zero-order chi connectivity index (χ0) is 19.5. The second kappa shape index (κ2) is 7.77. The van der Waals surface area contributed by atoms with E-state index in [2.05, 4.69) is 30.2 Å². The molecule has 2 N–H and O–H groups in total. The van der Waals surface area contributed by atoms with Gasteiger partial charge in [0.2, 0.25) is 11.9 Å². The Labute approximate surface area is 162 Å². The third-order valence-electron chi connectivity index (χ3n) is 4.56. The van der Waals surface area contributed by atoms with Crippen LogP contribution in [0, 0.1) is 13.8 Å². The van der Waals surface area contributed by atoms with E-state index < -0.39 is 0 Å². The highest BCUT2D eigenvalue weighted by Gasteiger charge is 2.16. The number of nitrogens with zero attached hydrogens (tertiary/aromatic N) is 4. The summed E-state index contributed by atoms with van der Waals surface area (Å²) in [4.78, 5) is 30.6. The molecule has 0 saturated carbocycles. The molecule has 1 aromatic carbocycles. The largest absolute Gasteiger partial charge is 0.378 e. The second-order valence-corrected chi connectivity index (χ2v) is 6.74. The first-order chi connectivity index (χ1) is 13.6. The molecule has 0 bridgehead atoms. The predicted molar refractivity (Wildman–Crippen MR) is 108 cm³/mol. The summed E-state index contributed by atoms with van der Waals surface area (Å²) in [6.07, 6.45) is 1.73. The number of aryl methyl sites for hydroxylation is 2. The molecular weight excluding hydrogens is 356 g/mol. The van der Waals surface area contributed by atoms with Crippen molar-refractivity contribution in [3.05, 3.63) is 58.1 Å². The van der Waals surface area contributed by atoms with Crippen molar-refractivity contribution in [2.24, 2.45) is 0 Å². The zero-order valence-corrected chi connectivity index (χ0v) is 15.9. The Balaban J connectivity index is 1.63. The van der Waals surface area contributed by atoms with Crippen molar-refractivity contribution < 1.29 is 4.74 Å². The van der Waals surface area contributed by atoms with Crippen LogP contribution in [0.15, 0.2) is 41.3 Å². The Hall–Kier alpha value is -3.26. The Morgan fingerprint density at radius 3 is 2.71 bits per heavy atom. The van der Waals surface area contributed by atoms with E-state index in [1.165, 1.54) is 6.07 Å². The van der Waals surface area contributed by atoms with Crippen LogP contribution in [0.3, 0.4) is 0 Å². The number of hydrogen-bond acceptors (Lipinski definition) is 7. The number of anilines is 3. The molecule has 0 atom stereocenters. The number of benzene rings is 1. The van der Waals surface area contributed by atoms with Crippen LogP contribution < -0.4 is 15.8 Å². The zero-order valence-electron chi connectivity index (χ0n) is 15.9. The number of hydrogen-bond donors (Lipinski definition) is 2. The van der Waals surface area contributed by atoms with Gasteiger partial charge >= 0.3 is 0 Å². The van der Waals surface area contributed by atoms with Crippen LogP contribution in [0.5, 0.6) is 0 Å². The van der Waals surface area contributed by atoms with E-state index in [1.54, 1.807) is 6.20 Å². The molecule has 4 rings (SSSR count). The number of aromatic amines is 1. The molecule has 144 valence electrons. The summed E-state index contributed by atoms with van der Waals surface area (Å²) in [7, 11) is 0. The lowest BCUT2D eigenvalue weighted by Crippen LogP contribution is -2.37. The summed E-state index contributed by atoms with van der Waals surface area (Å²) >= 11 is 0. The molecule has 1 saturated heterocycles. The highest BCUT2D eigenvalue weighted by molar-refractivity contribution is 5.64. The predicted octanol–water partition coefficient (Wildman–Crippen LogP) is 2.42. The Morgan fingerprint density at radius 2 is 1.96 bits per heavy atom. The maximum Gasteiger partial charge on any atom is 0.252 e. The third kappa shape index (κ3) is 4.01. The van der Waals surface area contributed by atoms with E-state index in [4.69, 9.17) is 4.74 Å². The summed E-state index contributed by atoms with van der Waals surface area (Å²) < 4.78 is 5.37. The molecule has 2 aromatic heterocycles. The summed E-state index contributed by atoms with van der Waals surface area (Å²) in [5.74, 6) is 1.05. The fourth-order valence-corrected chi connectivity index (χ4v) is 3.14. The lowest BCUT2D eigenvalue weighted by atomic mass is 10.2. The minimum absolute atomic E-state index is 0.239. The van der Waals surface area contributed by atoms with E-state index in [0.29, 0.717) is 30.8 Å². The molecule has 0 radical (unpaired) electrons. The van der Waals surface area contributed by atoms with E-state index in [0.717, 1.165) is 35.6 Å². The van der Waals surface area contributed by atoms with Crippen molar-refractivity contribution in [3.63, 3.8) is 0 Å². The van der Waals surface area contributed by atoms with Crippen molar-refractivity contribution in [1.82, 2.24) is 19.9 Å². The van der Waals surface area contributed by atoms with Gasteiger partial charge in [0.1, 0.15) is 0 Å². The molecular formula is C20H22N6O2. The first kappa shape index (κ1) is 18.1. The minimum atomic E-state index is -0.239. The molecule has 0 unspecified atom stereocenters. The van der Waals surface area contributed by atoms with Gasteiger partial charge in [-0.05, 0) is 31.5 Å². The molecule has 0 aliphatic carbocycles. The van der Waals surface area contributed by atoms with Crippen LogP contribution in [0.1, 0.15) is 11.3 Å². The molecule has 0 spiro atoms. The Morgan fingerprint density at radius 1 is 1.14 bits per heavy atom. The van der Waals surface area contributed by atoms with E-state index in [9.17, 15) is 4.79 Å². The Bertz CT molecular complexity index is 1040. The molecule has 0 amide bonds. The van der Waals surface area contributed by atoms with Crippen molar-refractivity contribution in [2.75, 3.05) is 36.5 Å². The van der Waals surface area contributed by atoms with Gasteiger partial charge in [0.05, 0.1) is 24.6 Å². The molecule has 8 heteroatoms. The number of aromatic nitrogens is 4. The third-order valence-corrected chi connectivity index (χ3v) is 4.56. The van der Waals surface area contributed by atoms with Gasteiger partial charge in [0.15, 0.2) is 0 Å². The van der Waals surface area contributed by atoms with Gasteiger partial charge in [0, 0.05) is 36.6 Å². The Kier molecular flexibility index (Phi) is 5.03. The lowest BCUT2D eigenvalue weighted by Gasteiger charge is -2.27. The van der Waals surface area contributed by atoms with Crippen LogP contribution in [-0.4, -0.2) is 46.2 Å². The summed E-state index contributed by atoms with van der Waals surface area (Å²) in [5.41, 5.74) is 3.77. The topological polar surface area (TPSA) is 96.0 Å². The standard InChI is InChI=1S/C20H22N6O2/c1-13-4-3-5-15(10-13)23-19-24-17(11-18(27)25-19)16-12-21-20(22-14(16)2)26-6-8-28-9-7-26/h3-5,10-12H,6-9H2,1-2H3,(H2,23,24,25,27). The van der Waals surface area contributed by atoms with Gasteiger partial charge in [-0.3, -0.25) is 9.78 Å². The molecule has 1 aliphatic rings. The summed E-state index contributed by atoms with van der Waals surface area (Å²) in [6.45, 7) is 6.80. The fourth-order valence-electron chi connectivity index (χ4n) is 3.14. The van der Waals surface area contributed by atoms with E-state index in [-0.39, 0.29) is 5.56 Å². The summed E-state index contributed by atoms with van der Waals surface area (Å²) in [6, 6.07) is 9.32. The lowest BCUT2D eigenvalue weighted by molar-refractivity contribution is 0.122. The van der Waals surface area contributed by atoms with Crippen LogP contribution in [-0.2, 0) is 4.74 Å². The summed E-state index contributed by atoms with van der Waals surface area (Å²) in [5, 5.41) is 3.15. The van der Waals surface area contributed by atoms with Gasteiger partial charge in [0.25, 0.3) is 5.56 Å². The first-order valence-corrected chi connectivity index (χ1v) is 9.20. The van der Waals surface area contributed by atoms with Gasteiger partial charge in [-0.15, -0.1) is 0 Å². The van der Waals surface area contributed by atoms with Gasteiger partial charge in [-0.2, -0.15) is 0 Å². The molecule has 3 aromatic rings. The fraction of sp³-hybridized carbons (Fsp3) is 0.300.